The number of hydrogen-bond acceptors (Lipinski definition) is 11. The van der Waals surface area contributed by atoms with Gasteiger partial charge in [-0.1, -0.05) is 13.3 Å². The van der Waals surface area contributed by atoms with Gasteiger partial charge in [-0.15, -0.1) is 0 Å². The molecule has 11 nitrogen and oxygen atoms in total. The number of nitrogens with one attached hydrogen (secondary N) is 5. The standard InChI is InChI=1S/C32H58N8O3/c1-31(2)42-26-23(41-30(27(26)43-31)40-17-36-25-28(33)34-16-35-29(25)40)15-39(4)20-12-18(13-20)6-9-24-37-21-8-7-19(14-22(21)38-24)32(3)10-5-11-32/h18-30,34-38H,5-17,33H2,1-4H3/t18?,19?,20?,21?,22?,23-,24?,25?,26-,27-,28?,29?,30?/m1/s1. The normalized spacial score (nSPS) is 50.2. The number of nitrogens with two attached hydrogens (primary N) is 1. The number of hydrogen-bond donors (Lipinski definition) is 6. The molecule has 0 spiro atoms. The van der Waals surface area contributed by atoms with Crippen molar-refractivity contribution in [2.45, 2.75) is 158 Å². The molecule has 8 rings (SSSR count). The van der Waals surface area contributed by atoms with Crippen LogP contribution in [0.1, 0.15) is 85.0 Å². The fourth-order valence-corrected chi connectivity index (χ4v) is 10.1. The summed E-state index contributed by atoms with van der Waals surface area (Å²) in [5.41, 5.74) is 6.99. The molecule has 43 heavy (non-hydrogen) atoms. The van der Waals surface area contributed by atoms with Gasteiger partial charge in [0.05, 0.1) is 31.2 Å². The predicted octanol–water partition coefficient (Wildman–Crippen LogP) is 0.961. The molecule has 0 aromatic heterocycles. The third-order valence-electron chi connectivity index (χ3n) is 13.0. The lowest BCUT2D eigenvalue weighted by Crippen LogP contribution is -2.68. The highest BCUT2D eigenvalue weighted by molar-refractivity contribution is 5.06. The SMILES string of the molecule is CN(C[C@H]1OC(N2CNC3C(N)NCNC32)[C@@H]2OC(C)(C)O[C@H]12)C1CC(CCC2NC3CCC(C4(C)CCC4)CC3N2)C1. The van der Waals surface area contributed by atoms with Gasteiger partial charge in [0.15, 0.2) is 5.79 Å². The Hall–Kier alpha value is -0.440. The molecule has 5 saturated heterocycles. The summed E-state index contributed by atoms with van der Waals surface area (Å²) >= 11 is 0. The average molecular weight is 603 g/mol. The summed E-state index contributed by atoms with van der Waals surface area (Å²) in [6.07, 6.45) is 13.9. The van der Waals surface area contributed by atoms with Crippen LogP contribution in [0.5, 0.6) is 0 Å². The zero-order valence-corrected chi connectivity index (χ0v) is 26.9. The van der Waals surface area contributed by atoms with Crippen LogP contribution in [0.4, 0.5) is 0 Å². The van der Waals surface area contributed by atoms with Crippen LogP contribution in [0, 0.1) is 17.3 Å². The summed E-state index contributed by atoms with van der Waals surface area (Å²) in [7, 11) is 2.28. The topological polar surface area (TPSA) is 120 Å². The summed E-state index contributed by atoms with van der Waals surface area (Å²) < 4.78 is 19.7. The van der Waals surface area contributed by atoms with Crippen molar-refractivity contribution in [2.75, 3.05) is 26.9 Å². The van der Waals surface area contributed by atoms with E-state index in [9.17, 15) is 0 Å². The first-order valence-corrected chi connectivity index (χ1v) is 17.6. The summed E-state index contributed by atoms with van der Waals surface area (Å²) in [6, 6.07) is 2.14. The molecule has 11 atom stereocenters. The largest absolute Gasteiger partial charge is 0.353 e. The molecule has 0 aromatic rings. The van der Waals surface area contributed by atoms with Crippen LogP contribution in [0.3, 0.4) is 0 Å². The molecule has 11 heteroatoms. The van der Waals surface area contributed by atoms with E-state index in [-0.39, 0.29) is 42.9 Å². The van der Waals surface area contributed by atoms with E-state index in [0.717, 1.165) is 18.4 Å². The van der Waals surface area contributed by atoms with Crippen LogP contribution in [-0.2, 0) is 14.2 Å². The molecule has 3 aliphatic carbocycles. The smallest absolute Gasteiger partial charge is 0.164 e. The maximum Gasteiger partial charge on any atom is 0.164 e. The fourth-order valence-electron chi connectivity index (χ4n) is 10.1. The molecule has 7 N–H and O–H groups in total. The lowest BCUT2D eigenvalue weighted by Gasteiger charge is -2.48. The monoisotopic (exact) mass is 602 g/mol. The molecule has 8 aliphatic rings. The van der Waals surface area contributed by atoms with Crippen LogP contribution in [-0.4, -0.2) is 110 Å². The third-order valence-corrected chi connectivity index (χ3v) is 13.0. The zero-order chi connectivity index (χ0) is 29.5. The van der Waals surface area contributed by atoms with Crippen LogP contribution in [0.15, 0.2) is 0 Å². The number of likely N-dealkylation sites (N-methyl/N-ethyl adjacent to an activating group) is 1. The van der Waals surface area contributed by atoms with Gasteiger partial charge in [0.25, 0.3) is 0 Å². The van der Waals surface area contributed by atoms with Gasteiger partial charge in [-0.2, -0.15) is 0 Å². The van der Waals surface area contributed by atoms with Gasteiger partial charge >= 0.3 is 0 Å². The minimum absolute atomic E-state index is 0.0171. The molecule has 3 saturated carbocycles. The second-order valence-electron chi connectivity index (χ2n) is 16.2. The second kappa shape index (κ2) is 11.4. The van der Waals surface area contributed by atoms with Crippen molar-refractivity contribution in [3.8, 4) is 0 Å². The first-order chi connectivity index (χ1) is 20.7. The van der Waals surface area contributed by atoms with E-state index in [0.29, 0.717) is 43.0 Å². The highest BCUT2D eigenvalue weighted by Crippen LogP contribution is 2.52. The maximum atomic E-state index is 6.78. The average Bonchev–Trinajstić information content (AvgIpc) is 3.68. The molecule has 5 heterocycles. The van der Waals surface area contributed by atoms with Crippen LogP contribution < -0.4 is 32.3 Å². The Morgan fingerprint density at radius 2 is 1.72 bits per heavy atom. The van der Waals surface area contributed by atoms with E-state index < -0.39 is 5.79 Å². The number of fused-ring (bicyclic) bond motifs is 3. The predicted molar refractivity (Wildman–Crippen MR) is 164 cm³/mol. The van der Waals surface area contributed by atoms with Crippen molar-refractivity contribution in [2.24, 2.45) is 23.0 Å². The van der Waals surface area contributed by atoms with Crippen LogP contribution >= 0.6 is 0 Å². The highest BCUT2D eigenvalue weighted by atomic mass is 16.8. The summed E-state index contributed by atoms with van der Waals surface area (Å²) in [5.74, 6) is 1.16. The molecule has 244 valence electrons. The van der Waals surface area contributed by atoms with Crippen LogP contribution in [0.25, 0.3) is 0 Å². The Morgan fingerprint density at radius 1 is 0.930 bits per heavy atom. The first-order valence-electron chi connectivity index (χ1n) is 17.6. The van der Waals surface area contributed by atoms with E-state index >= 15 is 0 Å². The quantitative estimate of drug-likeness (QED) is 0.238. The lowest BCUT2D eigenvalue weighted by atomic mass is 9.58. The van der Waals surface area contributed by atoms with E-state index in [2.05, 4.69) is 50.4 Å². The molecular weight excluding hydrogens is 544 g/mol. The van der Waals surface area contributed by atoms with Crippen molar-refractivity contribution in [3.63, 3.8) is 0 Å². The van der Waals surface area contributed by atoms with Crippen molar-refractivity contribution < 1.29 is 14.2 Å². The first kappa shape index (κ1) is 29.9. The summed E-state index contributed by atoms with van der Waals surface area (Å²) in [5, 5.41) is 18.4. The van der Waals surface area contributed by atoms with E-state index in [1.165, 1.54) is 64.2 Å². The van der Waals surface area contributed by atoms with Gasteiger partial charge in [-0.25, -0.2) is 4.90 Å². The lowest BCUT2D eigenvalue weighted by molar-refractivity contribution is -0.211. The zero-order valence-electron chi connectivity index (χ0n) is 26.9. The number of ether oxygens (including phenoxy) is 3. The van der Waals surface area contributed by atoms with E-state index in [4.69, 9.17) is 19.9 Å². The fraction of sp³-hybridized carbons (Fsp3) is 1.00. The third kappa shape index (κ3) is 5.52. The number of nitrogens with zero attached hydrogens (tertiary/aromatic N) is 2. The van der Waals surface area contributed by atoms with Gasteiger partial charge in [-0.05, 0) is 95.9 Å². The Bertz CT molecular complexity index is 1010. The van der Waals surface area contributed by atoms with Crippen molar-refractivity contribution in [3.05, 3.63) is 0 Å². The van der Waals surface area contributed by atoms with Crippen molar-refractivity contribution >= 4 is 0 Å². The molecule has 0 bridgehead atoms. The van der Waals surface area contributed by atoms with Gasteiger partial charge in [0.2, 0.25) is 0 Å². The molecule has 8 fully saturated rings. The summed E-state index contributed by atoms with van der Waals surface area (Å²) in [6.45, 7) is 8.88. The van der Waals surface area contributed by atoms with Crippen molar-refractivity contribution in [1.82, 2.24) is 36.4 Å². The molecule has 5 aliphatic heterocycles. The van der Waals surface area contributed by atoms with E-state index in [1.54, 1.807) is 0 Å². The van der Waals surface area contributed by atoms with Gasteiger partial charge in [0, 0.05) is 31.3 Å². The summed E-state index contributed by atoms with van der Waals surface area (Å²) in [4.78, 5) is 4.88. The molecule has 0 radical (unpaired) electrons. The van der Waals surface area contributed by atoms with Crippen molar-refractivity contribution in [1.29, 1.82) is 0 Å². The minimum Gasteiger partial charge on any atom is -0.353 e. The maximum absolute atomic E-state index is 6.78. The molecule has 0 aromatic carbocycles. The van der Waals surface area contributed by atoms with E-state index in [1.807, 2.05) is 13.8 Å². The highest BCUT2D eigenvalue weighted by Gasteiger charge is 2.59. The molecule has 0 amide bonds. The van der Waals surface area contributed by atoms with Crippen LogP contribution in [0.2, 0.25) is 0 Å². The second-order valence-corrected chi connectivity index (χ2v) is 16.2. The van der Waals surface area contributed by atoms with Gasteiger partial charge in [-0.3, -0.25) is 26.6 Å². The Kier molecular flexibility index (Phi) is 7.91. The van der Waals surface area contributed by atoms with Gasteiger partial charge in [0.1, 0.15) is 24.5 Å². The molecule has 8 unspecified atom stereocenters. The Morgan fingerprint density at radius 3 is 2.51 bits per heavy atom. The molecular formula is C32H58N8O3. The number of rotatable bonds is 8. The Labute approximate surface area is 258 Å². The minimum atomic E-state index is -0.601. The van der Waals surface area contributed by atoms with Gasteiger partial charge < -0.3 is 24.8 Å². The Balaban J connectivity index is 0.808.